The van der Waals surface area contributed by atoms with Crippen LogP contribution in [0.5, 0.6) is 0 Å². The predicted octanol–water partition coefficient (Wildman–Crippen LogP) is 4.91. The lowest BCUT2D eigenvalue weighted by atomic mass is 9.96. The third-order valence-electron chi connectivity index (χ3n) is 4.17. The molecule has 0 aliphatic heterocycles. The molecule has 0 unspecified atom stereocenters. The van der Waals surface area contributed by atoms with E-state index in [1.165, 1.54) is 44.9 Å². The van der Waals surface area contributed by atoms with Gasteiger partial charge in [-0.2, -0.15) is 0 Å². The van der Waals surface area contributed by atoms with Gasteiger partial charge in [-0.3, -0.25) is 0 Å². The number of anilines is 2. The van der Waals surface area contributed by atoms with Crippen molar-refractivity contribution in [2.75, 3.05) is 5.32 Å². The van der Waals surface area contributed by atoms with Crippen molar-refractivity contribution in [3.63, 3.8) is 0 Å². The maximum absolute atomic E-state index is 4.49. The topological polar surface area (TPSA) is 29.9 Å². The molecule has 0 amide bonds. The fraction of sp³-hybridized carbons (Fsp3) is 0.471. The summed E-state index contributed by atoms with van der Waals surface area (Å²) in [4.78, 5) is 4.49. The molecule has 106 valence electrons. The van der Waals surface area contributed by atoms with Gasteiger partial charge in [0.05, 0.1) is 0 Å². The Morgan fingerprint density at radius 3 is 2.40 bits per heavy atom. The SMILES string of the molecule is c1ccc(Nc2nccn2C2CCCCCCC2)cc1. The van der Waals surface area contributed by atoms with Crippen LogP contribution in [0.3, 0.4) is 0 Å². The van der Waals surface area contributed by atoms with E-state index in [1.54, 1.807) is 0 Å². The highest BCUT2D eigenvalue weighted by Crippen LogP contribution is 2.29. The maximum Gasteiger partial charge on any atom is 0.207 e. The number of para-hydroxylation sites is 1. The minimum absolute atomic E-state index is 0.601. The molecule has 1 aromatic heterocycles. The fourth-order valence-electron chi connectivity index (χ4n) is 3.07. The molecule has 0 saturated heterocycles. The molecule has 20 heavy (non-hydrogen) atoms. The molecule has 0 bridgehead atoms. The van der Waals surface area contributed by atoms with E-state index in [0.717, 1.165) is 11.6 Å². The Bertz CT molecular complexity index is 510. The molecule has 3 nitrogen and oxygen atoms in total. The maximum atomic E-state index is 4.49. The van der Waals surface area contributed by atoms with Gasteiger partial charge in [-0.1, -0.05) is 50.3 Å². The Kier molecular flexibility index (Phi) is 4.36. The summed E-state index contributed by atoms with van der Waals surface area (Å²) in [5.41, 5.74) is 1.10. The third kappa shape index (κ3) is 3.21. The van der Waals surface area contributed by atoms with E-state index in [1.807, 2.05) is 24.4 Å². The summed E-state index contributed by atoms with van der Waals surface area (Å²) in [6.45, 7) is 0. The van der Waals surface area contributed by atoms with Gasteiger partial charge in [-0.25, -0.2) is 4.98 Å². The van der Waals surface area contributed by atoms with Gasteiger partial charge in [-0.15, -0.1) is 0 Å². The third-order valence-corrected chi connectivity index (χ3v) is 4.17. The Hall–Kier alpha value is -1.77. The molecular formula is C17H23N3. The Morgan fingerprint density at radius 1 is 0.950 bits per heavy atom. The highest BCUT2D eigenvalue weighted by atomic mass is 15.2. The van der Waals surface area contributed by atoms with E-state index >= 15 is 0 Å². The van der Waals surface area contributed by atoms with Crippen molar-refractivity contribution in [2.24, 2.45) is 0 Å². The standard InChI is InChI=1S/C17H23N3/c1-2-7-11-16(12-8-3-1)20-14-13-18-17(20)19-15-9-5-4-6-10-15/h4-6,9-10,13-14,16H,1-3,7-8,11-12H2,(H,18,19). The summed E-state index contributed by atoms with van der Waals surface area (Å²) in [5, 5.41) is 3.44. The normalized spacial score (nSPS) is 17.4. The summed E-state index contributed by atoms with van der Waals surface area (Å²) in [6.07, 6.45) is 13.4. The van der Waals surface area contributed by atoms with E-state index < -0.39 is 0 Å². The molecule has 1 heterocycles. The fourth-order valence-corrected chi connectivity index (χ4v) is 3.07. The Morgan fingerprint density at radius 2 is 1.65 bits per heavy atom. The van der Waals surface area contributed by atoms with Crippen LogP contribution >= 0.6 is 0 Å². The van der Waals surface area contributed by atoms with E-state index in [-0.39, 0.29) is 0 Å². The summed E-state index contributed by atoms with van der Waals surface area (Å²) < 4.78 is 2.33. The Labute approximate surface area is 121 Å². The molecule has 3 rings (SSSR count). The first-order valence-corrected chi connectivity index (χ1v) is 7.78. The van der Waals surface area contributed by atoms with Crippen LogP contribution in [-0.2, 0) is 0 Å². The second-order valence-corrected chi connectivity index (χ2v) is 5.65. The highest BCUT2D eigenvalue weighted by Gasteiger charge is 2.16. The molecule has 1 fully saturated rings. The van der Waals surface area contributed by atoms with Crippen LogP contribution in [0.4, 0.5) is 11.6 Å². The van der Waals surface area contributed by atoms with Gasteiger partial charge in [-0.05, 0) is 25.0 Å². The number of hydrogen-bond acceptors (Lipinski definition) is 2. The molecule has 3 heteroatoms. The summed E-state index contributed by atoms with van der Waals surface area (Å²) in [6, 6.07) is 10.9. The highest BCUT2D eigenvalue weighted by molar-refractivity contribution is 5.53. The van der Waals surface area contributed by atoms with Gasteiger partial charge in [0.25, 0.3) is 0 Å². The molecule has 1 N–H and O–H groups in total. The smallest absolute Gasteiger partial charge is 0.207 e. The lowest BCUT2D eigenvalue weighted by molar-refractivity contribution is 0.375. The van der Waals surface area contributed by atoms with Crippen molar-refractivity contribution in [1.82, 2.24) is 9.55 Å². The molecular weight excluding hydrogens is 246 g/mol. The average Bonchev–Trinajstić information content (AvgIpc) is 2.88. The zero-order valence-electron chi connectivity index (χ0n) is 12.0. The van der Waals surface area contributed by atoms with Crippen molar-refractivity contribution in [3.05, 3.63) is 42.7 Å². The Balaban J connectivity index is 1.75. The molecule has 1 aliphatic carbocycles. The number of nitrogens with one attached hydrogen (secondary N) is 1. The van der Waals surface area contributed by atoms with E-state index in [0.29, 0.717) is 6.04 Å². The summed E-state index contributed by atoms with van der Waals surface area (Å²) in [5.74, 6) is 0.974. The van der Waals surface area contributed by atoms with Crippen molar-refractivity contribution in [3.8, 4) is 0 Å². The zero-order valence-corrected chi connectivity index (χ0v) is 12.0. The zero-order chi connectivity index (χ0) is 13.6. The second-order valence-electron chi connectivity index (χ2n) is 5.65. The molecule has 0 atom stereocenters. The minimum atomic E-state index is 0.601. The summed E-state index contributed by atoms with van der Waals surface area (Å²) in [7, 11) is 0. The van der Waals surface area contributed by atoms with Gasteiger partial charge in [0.1, 0.15) is 0 Å². The van der Waals surface area contributed by atoms with Crippen LogP contribution in [-0.4, -0.2) is 9.55 Å². The van der Waals surface area contributed by atoms with E-state index in [4.69, 9.17) is 0 Å². The largest absolute Gasteiger partial charge is 0.326 e. The number of hydrogen-bond donors (Lipinski definition) is 1. The van der Waals surface area contributed by atoms with E-state index in [9.17, 15) is 0 Å². The van der Waals surface area contributed by atoms with Gasteiger partial charge in [0.15, 0.2) is 0 Å². The quantitative estimate of drug-likeness (QED) is 0.857. The number of aromatic nitrogens is 2. The van der Waals surface area contributed by atoms with Crippen LogP contribution < -0.4 is 5.32 Å². The van der Waals surface area contributed by atoms with Gasteiger partial charge < -0.3 is 9.88 Å². The first-order valence-electron chi connectivity index (χ1n) is 7.78. The molecule has 1 aromatic carbocycles. The average molecular weight is 269 g/mol. The number of nitrogens with zero attached hydrogens (tertiary/aromatic N) is 2. The molecule has 0 radical (unpaired) electrons. The molecule has 1 aliphatic rings. The second kappa shape index (κ2) is 6.60. The van der Waals surface area contributed by atoms with Gasteiger partial charge in [0, 0.05) is 24.1 Å². The van der Waals surface area contributed by atoms with Gasteiger partial charge in [0.2, 0.25) is 5.95 Å². The van der Waals surface area contributed by atoms with Gasteiger partial charge >= 0.3 is 0 Å². The summed E-state index contributed by atoms with van der Waals surface area (Å²) >= 11 is 0. The lowest BCUT2D eigenvalue weighted by Crippen LogP contribution is -2.12. The molecule has 2 aromatic rings. The van der Waals surface area contributed by atoms with Crippen LogP contribution in [0, 0.1) is 0 Å². The van der Waals surface area contributed by atoms with Crippen LogP contribution in [0.25, 0.3) is 0 Å². The number of rotatable bonds is 3. The first-order chi connectivity index (χ1) is 9.93. The van der Waals surface area contributed by atoms with Crippen LogP contribution in [0.1, 0.15) is 51.0 Å². The first kappa shape index (κ1) is 13.2. The van der Waals surface area contributed by atoms with E-state index in [2.05, 4.69) is 33.2 Å². The number of benzene rings is 1. The molecule has 0 spiro atoms. The lowest BCUT2D eigenvalue weighted by Gasteiger charge is -2.23. The van der Waals surface area contributed by atoms with Crippen molar-refractivity contribution in [2.45, 2.75) is 51.0 Å². The predicted molar refractivity (Wildman–Crippen MR) is 83.3 cm³/mol. The molecule has 1 saturated carbocycles. The van der Waals surface area contributed by atoms with Crippen molar-refractivity contribution in [1.29, 1.82) is 0 Å². The number of imidazole rings is 1. The van der Waals surface area contributed by atoms with Crippen LogP contribution in [0.2, 0.25) is 0 Å². The minimum Gasteiger partial charge on any atom is -0.326 e. The van der Waals surface area contributed by atoms with Crippen molar-refractivity contribution < 1.29 is 0 Å². The van der Waals surface area contributed by atoms with Crippen LogP contribution in [0.15, 0.2) is 42.7 Å². The van der Waals surface area contributed by atoms with Crippen molar-refractivity contribution >= 4 is 11.6 Å². The monoisotopic (exact) mass is 269 g/mol.